The van der Waals surface area contributed by atoms with Gasteiger partial charge in [-0.2, -0.15) is 0 Å². The molecule has 0 spiro atoms. The quantitative estimate of drug-likeness (QED) is 0.265. The van der Waals surface area contributed by atoms with E-state index in [1.165, 1.54) is 7.11 Å². The zero-order valence-electron chi connectivity index (χ0n) is 26.5. The van der Waals surface area contributed by atoms with E-state index in [0.717, 1.165) is 31.6 Å². The van der Waals surface area contributed by atoms with E-state index in [9.17, 15) is 14.4 Å². The molecule has 2 radical (unpaired) electrons. The number of nitrogens with one attached hydrogen (secondary N) is 1. The highest BCUT2D eigenvalue weighted by Crippen LogP contribution is 2.34. The average molecular weight is 615 g/mol. The molecule has 238 valence electrons. The molecule has 45 heavy (non-hydrogen) atoms. The number of urea groups is 1. The van der Waals surface area contributed by atoms with Gasteiger partial charge in [-0.05, 0) is 81.6 Å². The molecule has 4 rings (SSSR count). The summed E-state index contributed by atoms with van der Waals surface area (Å²) in [5.74, 6) is -0.487. The Bertz CT molecular complexity index is 1430. The van der Waals surface area contributed by atoms with Crippen molar-refractivity contribution in [3.05, 3.63) is 96.4 Å². The van der Waals surface area contributed by atoms with Gasteiger partial charge in [-0.25, -0.2) is 14.4 Å². The van der Waals surface area contributed by atoms with E-state index in [4.69, 9.17) is 21.1 Å². The highest BCUT2D eigenvalue weighted by atomic mass is 16.6. The summed E-state index contributed by atoms with van der Waals surface area (Å²) < 4.78 is 15.9. The van der Waals surface area contributed by atoms with Crippen LogP contribution in [-0.4, -0.2) is 80.0 Å². The van der Waals surface area contributed by atoms with Gasteiger partial charge in [0.2, 0.25) is 0 Å². The van der Waals surface area contributed by atoms with Crippen LogP contribution in [0.5, 0.6) is 0 Å². The van der Waals surface area contributed by atoms with Crippen LogP contribution in [0.1, 0.15) is 48.7 Å². The smallest absolute Gasteiger partial charge is 0.412 e. The van der Waals surface area contributed by atoms with E-state index in [2.05, 4.69) is 10.2 Å². The number of benzene rings is 3. The summed E-state index contributed by atoms with van der Waals surface area (Å²) in [6.07, 6.45) is 0.0980. The van der Waals surface area contributed by atoms with E-state index in [1.807, 2.05) is 24.3 Å². The van der Waals surface area contributed by atoms with Crippen molar-refractivity contribution in [1.29, 1.82) is 0 Å². The van der Waals surface area contributed by atoms with E-state index in [-0.39, 0.29) is 6.03 Å². The Morgan fingerprint density at radius 2 is 1.62 bits per heavy atom. The van der Waals surface area contributed by atoms with Gasteiger partial charge in [-0.15, -0.1) is 0 Å². The van der Waals surface area contributed by atoms with Crippen molar-refractivity contribution in [3.8, 4) is 0 Å². The largest absolute Gasteiger partial charge is 0.465 e. The van der Waals surface area contributed by atoms with Crippen LogP contribution in [0.25, 0.3) is 0 Å². The molecule has 0 bridgehead atoms. The van der Waals surface area contributed by atoms with Crippen LogP contribution in [0.4, 0.5) is 26.7 Å². The lowest BCUT2D eigenvalue weighted by atomic mass is 10.1. The van der Waals surface area contributed by atoms with Gasteiger partial charge in [0.1, 0.15) is 5.60 Å². The first-order valence-electron chi connectivity index (χ1n) is 15.0. The third kappa shape index (κ3) is 9.79. The molecule has 1 aliphatic rings. The molecule has 10 nitrogen and oxygen atoms in total. The standard InChI is InChI=1S/C35H42N4O6/c1-26-11-13-27(14-12-26)25-38(20-8-19-37-21-23-44-24-22-37)34(42)39(29-17-15-28(16-18-29)32(40)43-5)31-10-7-6-9-30(31)36-33(41)45-35(2,3)4/h1,6-7,9-18H,8,19-25H2,2-5H3,(H,36,41). The topological polar surface area (TPSA) is 101 Å². The van der Waals surface area contributed by atoms with Gasteiger partial charge in [-0.1, -0.05) is 36.4 Å². The molecule has 3 aromatic rings. The third-order valence-corrected chi connectivity index (χ3v) is 7.15. The molecule has 1 saturated heterocycles. The molecule has 0 saturated carbocycles. The summed E-state index contributed by atoms with van der Waals surface area (Å²) in [6.45, 7) is 16.0. The Hall–Kier alpha value is -4.41. The fraction of sp³-hybridized carbons (Fsp3) is 0.371. The average Bonchev–Trinajstić information content (AvgIpc) is 3.02. The van der Waals surface area contributed by atoms with Crippen LogP contribution in [0, 0.1) is 6.92 Å². The lowest BCUT2D eigenvalue weighted by Crippen LogP contribution is -2.43. The Labute approximate surface area is 265 Å². The molecule has 1 fully saturated rings. The SMILES string of the molecule is [CH]c1ccc(CN(CCCN2CCOCC2)C(=O)N(c2ccc(C(=O)OC)cc2)c2ccccc2NC(=O)OC(C)(C)C)cc1. The molecule has 0 aromatic heterocycles. The molecule has 10 heteroatoms. The second-order valence-corrected chi connectivity index (χ2v) is 11.8. The third-order valence-electron chi connectivity index (χ3n) is 7.15. The number of amides is 3. The zero-order valence-corrected chi connectivity index (χ0v) is 26.5. The monoisotopic (exact) mass is 614 g/mol. The van der Waals surface area contributed by atoms with Gasteiger partial charge >= 0.3 is 18.1 Å². The number of rotatable bonds is 10. The van der Waals surface area contributed by atoms with Crippen LogP contribution in [0.2, 0.25) is 0 Å². The van der Waals surface area contributed by atoms with Crippen LogP contribution in [-0.2, 0) is 20.8 Å². The Kier molecular flexibility index (Phi) is 11.6. The minimum atomic E-state index is -0.714. The van der Waals surface area contributed by atoms with Crippen molar-refractivity contribution in [3.63, 3.8) is 0 Å². The number of methoxy groups -OCH3 is 1. The zero-order chi connectivity index (χ0) is 32.4. The van der Waals surface area contributed by atoms with Gasteiger partial charge in [0.15, 0.2) is 0 Å². The summed E-state index contributed by atoms with van der Waals surface area (Å²) >= 11 is 0. The highest BCUT2D eigenvalue weighted by Gasteiger charge is 2.28. The number of ether oxygens (including phenoxy) is 3. The van der Waals surface area contributed by atoms with Crippen LogP contribution < -0.4 is 10.2 Å². The summed E-state index contributed by atoms with van der Waals surface area (Å²) in [4.78, 5) is 45.4. The maximum atomic E-state index is 14.7. The fourth-order valence-corrected chi connectivity index (χ4v) is 4.94. The first-order chi connectivity index (χ1) is 21.5. The predicted octanol–water partition coefficient (Wildman–Crippen LogP) is 6.36. The van der Waals surface area contributed by atoms with Crippen molar-refractivity contribution < 1.29 is 28.6 Å². The van der Waals surface area contributed by atoms with Crippen molar-refractivity contribution in [2.24, 2.45) is 0 Å². The van der Waals surface area contributed by atoms with Gasteiger partial charge in [0, 0.05) is 32.7 Å². The summed E-state index contributed by atoms with van der Waals surface area (Å²) in [6, 6.07) is 20.8. The van der Waals surface area contributed by atoms with Crippen molar-refractivity contribution in [2.75, 3.05) is 56.7 Å². The van der Waals surface area contributed by atoms with E-state index >= 15 is 0 Å². The van der Waals surface area contributed by atoms with Crippen molar-refractivity contribution in [2.45, 2.75) is 39.3 Å². The number of morpholine rings is 1. The summed E-state index contributed by atoms with van der Waals surface area (Å²) in [5.41, 5.74) is 2.52. The summed E-state index contributed by atoms with van der Waals surface area (Å²) in [7, 11) is 1.32. The maximum absolute atomic E-state index is 14.7. The maximum Gasteiger partial charge on any atom is 0.412 e. The number of anilines is 3. The number of hydrogen-bond donors (Lipinski definition) is 1. The Morgan fingerprint density at radius 1 is 0.956 bits per heavy atom. The van der Waals surface area contributed by atoms with E-state index < -0.39 is 17.7 Å². The van der Waals surface area contributed by atoms with E-state index in [0.29, 0.717) is 54.5 Å². The molecule has 3 amide bonds. The van der Waals surface area contributed by atoms with Crippen LogP contribution in [0.15, 0.2) is 72.8 Å². The number of carbonyl (C=O) groups is 3. The molecular formula is C35H42N4O6. The van der Waals surface area contributed by atoms with Crippen molar-refractivity contribution >= 4 is 35.2 Å². The second-order valence-electron chi connectivity index (χ2n) is 11.8. The molecule has 3 aromatic carbocycles. The number of hydrogen-bond acceptors (Lipinski definition) is 7. The highest BCUT2D eigenvalue weighted by molar-refractivity contribution is 6.04. The first-order valence-corrected chi connectivity index (χ1v) is 15.0. The molecule has 0 unspecified atom stereocenters. The molecular weight excluding hydrogens is 572 g/mol. The Morgan fingerprint density at radius 3 is 2.27 bits per heavy atom. The van der Waals surface area contributed by atoms with Gasteiger partial charge in [0.05, 0.1) is 42.9 Å². The molecule has 1 N–H and O–H groups in total. The van der Waals surface area contributed by atoms with Gasteiger partial charge in [-0.3, -0.25) is 15.1 Å². The predicted molar refractivity (Wildman–Crippen MR) is 174 cm³/mol. The fourth-order valence-electron chi connectivity index (χ4n) is 4.94. The molecule has 1 heterocycles. The molecule has 1 aliphatic heterocycles. The first kappa shape index (κ1) is 33.5. The Balaban J connectivity index is 1.71. The lowest BCUT2D eigenvalue weighted by molar-refractivity contribution is 0.0365. The number of carbonyl (C=O) groups excluding carboxylic acids is 3. The van der Waals surface area contributed by atoms with Crippen LogP contribution >= 0.6 is 0 Å². The van der Waals surface area contributed by atoms with Crippen molar-refractivity contribution in [1.82, 2.24) is 9.80 Å². The second kappa shape index (κ2) is 15.5. The molecule has 0 aliphatic carbocycles. The van der Waals surface area contributed by atoms with E-state index in [1.54, 1.807) is 79.1 Å². The van der Waals surface area contributed by atoms with Crippen LogP contribution in [0.3, 0.4) is 0 Å². The number of para-hydroxylation sites is 2. The normalized spacial score (nSPS) is 13.5. The minimum absolute atomic E-state index is 0.307. The molecule has 0 atom stereocenters. The lowest BCUT2D eigenvalue weighted by Gasteiger charge is -2.33. The van der Waals surface area contributed by atoms with Gasteiger partial charge < -0.3 is 19.1 Å². The number of nitrogens with zero attached hydrogens (tertiary/aromatic N) is 3. The van der Waals surface area contributed by atoms with Gasteiger partial charge in [0.25, 0.3) is 0 Å². The number of esters is 1. The minimum Gasteiger partial charge on any atom is -0.465 e. The summed E-state index contributed by atoms with van der Waals surface area (Å²) in [5, 5.41) is 2.81.